The summed E-state index contributed by atoms with van der Waals surface area (Å²) in [6.07, 6.45) is -0.425. The van der Waals surface area contributed by atoms with E-state index < -0.39 is 11.7 Å². The fourth-order valence-corrected chi connectivity index (χ4v) is 1.91. The van der Waals surface area contributed by atoms with E-state index in [2.05, 4.69) is 10.4 Å². The van der Waals surface area contributed by atoms with Crippen molar-refractivity contribution < 1.29 is 13.2 Å². The van der Waals surface area contributed by atoms with E-state index in [1.54, 1.807) is 24.0 Å². The Morgan fingerprint density at radius 1 is 1.53 bits per heavy atom. The van der Waals surface area contributed by atoms with Gasteiger partial charge in [-0.3, -0.25) is 10.00 Å². The van der Waals surface area contributed by atoms with Gasteiger partial charge in [-0.15, -0.1) is 0 Å². The lowest BCUT2D eigenvalue weighted by Crippen LogP contribution is -2.45. The highest BCUT2D eigenvalue weighted by Crippen LogP contribution is 2.50. The molecule has 1 aliphatic rings. The summed E-state index contributed by atoms with van der Waals surface area (Å²) in [4.78, 5) is 0. The number of hydrogen-bond donors (Lipinski definition) is 1. The fraction of sp³-hybridized carbons (Fsp3) is 0.727. The third-order valence-corrected chi connectivity index (χ3v) is 3.26. The predicted molar refractivity (Wildman–Crippen MR) is 57.5 cm³/mol. The first-order valence-corrected chi connectivity index (χ1v) is 5.75. The van der Waals surface area contributed by atoms with Crippen LogP contribution >= 0.6 is 0 Å². The van der Waals surface area contributed by atoms with Crippen LogP contribution in [-0.2, 0) is 6.54 Å². The van der Waals surface area contributed by atoms with Gasteiger partial charge in [-0.1, -0.05) is 0 Å². The van der Waals surface area contributed by atoms with Crippen LogP contribution in [-0.4, -0.2) is 21.5 Å². The molecular formula is C11H16F3N3. The van der Waals surface area contributed by atoms with Gasteiger partial charge in [-0.25, -0.2) is 0 Å². The molecule has 1 N–H and O–H groups in total. The first kappa shape index (κ1) is 12.4. The average molecular weight is 247 g/mol. The summed E-state index contributed by atoms with van der Waals surface area (Å²) < 4.78 is 40.0. The van der Waals surface area contributed by atoms with Crippen LogP contribution in [0.15, 0.2) is 12.4 Å². The van der Waals surface area contributed by atoms with Crippen molar-refractivity contribution in [2.24, 2.45) is 0 Å². The second-order valence-corrected chi connectivity index (χ2v) is 4.58. The first-order chi connectivity index (χ1) is 7.88. The molecule has 1 atom stereocenters. The van der Waals surface area contributed by atoms with Crippen molar-refractivity contribution in [2.45, 2.75) is 51.0 Å². The van der Waals surface area contributed by atoms with Crippen LogP contribution in [0.1, 0.15) is 38.3 Å². The predicted octanol–water partition coefficient (Wildman–Crippen LogP) is 2.65. The van der Waals surface area contributed by atoms with E-state index in [0.29, 0.717) is 0 Å². The van der Waals surface area contributed by atoms with Gasteiger partial charge >= 0.3 is 6.18 Å². The minimum Gasteiger partial charge on any atom is -0.297 e. The van der Waals surface area contributed by atoms with E-state index in [9.17, 15) is 13.2 Å². The maximum absolute atomic E-state index is 12.8. The van der Waals surface area contributed by atoms with E-state index in [4.69, 9.17) is 0 Å². The molecule has 1 saturated carbocycles. The summed E-state index contributed by atoms with van der Waals surface area (Å²) in [6.45, 7) is 4.40. The lowest BCUT2D eigenvalue weighted by molar-refractivity contribution is -0.167. The quantitative estimate of drug-likeness (QED) is 0.886. The van der Waals surface area contributed by atoms with Crippen LogP contribution in [0.3, 0.4) is 0 Å². The second kappa shape index (κ2) is 4.01. The maximum atomic E-state index is 12.8. The Balaban J connectivity index is 2.04. The number of aryl methyl sites for hydroxylation is 1. The van der Waals surface area contributed by atoms with E-state index in [0.717, 1.165) is 12.1 Å². The van der Waals surface area contributed by atoms with Gasteiger partial charge in [0.05, 0.1) is 6.20 Å². The molecule has 0 bridgehead atoms. The maximum Gasteiger partial charge on any atom is 0.406 e. The van der Waals surface area contributed by atoms with Crippen molar-refractivity contribution in [1.82, 2.24) is 15.1 Å². The summed E-state index contributed by atoms with van der Waals surface area (Å²) in [7, 11) is 0. The molecule has 2 rings (SSSR count). The standard InChI is InChI=1S/C11H16F3N3/c1-3-17-7-9(6-15-17)8(2)16-10(4-5-10)11(12,13)14/h6-8,16H,3-5H2,1-2H3. The molecule has 1 unspecified atom stereocenters. The van der Waals surface area contributed by atoms with Gasteiger partial charge in [0.15, 0.2) is 0 Å². The molecule has 0 aliphatic heterocycles. The third kappa shape index (κ3) is 2.31. The molecule has 1 aromatic heterocycles. The molecule has 1 aromatic rings. The minimum atomic E-state index is -4.16. The van der Waals surface area contributed by atoms with Gasteiger partial charge in [-0.05, 0) is 26.7 Å². The van der Waals surface area contributed by atoms with Crippen LogP contribution in [0.5, 0.6) is 0 Å². The fourth-order valence-electron chi connectivity index (χ4n) is 1.91. The Morgan fingerprint density at radius 2 is 2.18 bits per heavy atom. The van der Waals surface area contributed by atoms with Gasteiger partial charge in [0.2, 0.25) is 0 Å². The van der Waals surface area contributed by atoms with E-state index in [1.807, 2.05) is 6.92 Å². The van der Waals surface area contributed by atoms with Crippen molar-refractivity contribution in [1.29, 1.82) is 0 Å². The Bertz CT molecular complexity index is 393. The monoisotopic (exact) mass is 247 g/mol. The molecule has 0 saturated heterocycles. The number of alkyl halides is 3. The van der Waals surface area contributed by atoms with E-state index >= 15 is 0 Å². The average Bonchev–Trinajstić information content (AvgIpc) is 2.88. The molecule has 17 heavy (non-hydrogen) atoms. The highest BCUT2D eigenvalue weighted by atomic mass is 19.4. The van der Waals surface area contributed by atoms with Gasteiger partial charge < -0.3 is 0 Å². The first-order valence-electron chi connectivity index (χ1n) is 5.75. The van der Waals surface area contributed by atoms with Crippen LogP contribution in [0, 0.1) is 0 Å². The minimum absolute atomic E-state index is 0.169. The van der Waals surface area contributed by atoms with Crippen molar-refractivity contribution in [2.75, 3.05) is 0 Å². The highest BCUT2D eigenvalue weighted by molar-refractivity contribution is 5.15. The number of aromatic nitrogens is 2. The zero-order chi connectivity index (χ0) is 12.7. The van der Waals surface area contributed by atoms with Crippen LogP contribution < -0.4 is 5.32 Å². The van der Waals surface area contributed by atoms with Gasteiger partial charge in [0, 0.05) is 24.3 Å². The summed E-state index contributed by atoms with van der Waals surface area (Å²) in [6, 6.07) is -0.334. The second-order valence-electron chi connectivity index (χ2n) is 4.58. The zero-order valence-corrected chi connectivity index (χ0v) is 9.88. The molecular weight excluding hydrogens is 231 g/mol. The Kier molecular flexibility index (Phi) is 2.93. The van der Waals surface area contributed by atoms with Crippen molar-refractivity contribution in [3.05, 3.63) is 18.0 Å². The molecule has 1 fully saturated rings. The van der Waals surface area contributed by atoms with Crippen LogP contribution in [0.4, 0.5) is 13.2 Å². The molecule has 0 aromatic carbocycles. The zero-order valence-electron chi connectivity index (χ0n) is 9.88. The highest BCUT2D eigenvalue weighted by Gasteiger charge is 2.63. The van der Waals surface area contributed by atoms with Crippen molar-refractivity contribution >= 4 is 0 Å². The Labute approximate surface area is 98.0 Å². The van der Waals surface area contributed by atoms with Crippen LogP contribution in [0.25, 0.3) is 0 Å². The largest absolute Gasteiger partial charge is 0.406 e. The molecule has 0 spiro atoms. The number of nitrogens with one attached hydrogen (secondary N) is 1. The number of rotatable bonds is 4. The Morgan fingerprint density at radius 3 is 2.59 bits per heavy atom. The third-order valence-electron chi connectivity index (χ3n) is 3.26. The normalized spacial score (nSPS) is 20.3. The molecule has 3 nitrogen and oxygen atoms in total. The summed E-state index contributed by atoms with van der Waals surface area (Å²) in [5.74, 6) is 0. The lowest BCUT2D eigenvalue weighted by atomic mass is 10.1. The molecule has 1 heterocycles. The lowest BCUT2D eigenvalue weighted by Gasteiger charge is -2.24. The topological polar surface area (TPSA) is 29.9 Å². The summed E-state index contributed by atoms with van der Waals surface area (Å²) >= 11 is 0. The Hall–Kier alpha value is -1.04. The number of hydrogen-bond acceptors (Lipinski definition) is 2. The molecule has 96 valence electrons. The van der Waals surface area contributed by atoms with Crippen molar-refractivity contribution in [3.8, 4) is 0 Å². The number of halogens is 3. The summed E-state index contributed by atoms with van der Waals surface area (Å²) in [5, 5.41) is 6.75. The molecule has 0 radical (unpaired) electrons. The van der Waals surface area contributed by atoms with E-state index in [-0.39, 0.29) is 18.9 Å². The molecule has 0 amide bonds. The van der Waals surface area contributed by atoms with Crippen LogP contribution in [0.2, 0.25) is 0 Å². The van der Waals surface area contributed by atoms with Gasteiger partial charge in [0.1, 0.15) is 5.54 Å². The van der Waals surface area contributed by atoms with Crippen molar-refractivity contribution in [3.63, 3.8) is 0 Å². The number of nitrogens with zero attached hydrogens (tertiary/aromatic N) is 2. The van der Waals surface area contributed by atoms with Gasteiger partial charge in [0.25, 0.3) is 0 Å². The molecule has 1 aliphatic carbocycles. The smallest absolute Gasteiger partial charge is 0.297 e. The van der Waals surface area contributed by atoms with Gasteiger partial charge in [-0.2, -0.15) is 18.3 Å². The van der Waals surface area contributed by atoms with E-state index in [1.165, 1.54) is 0 Å². The molecule has 6 heteroatoms. The summed E-state index contributed by atoms with van der Waals surface area (Å²) in [5.41, 5.74) is -0.872. The SMILES string of the molecule is CCn1cc(C(C)NC2(C(F)(F)F)CC2)cn1.